The van der Waals surface area contributed by atoms with Gasteiger partial charge in [0.2, 0.25) is 0 Å². The van der Waals surface area contributed by atoms with Crippen LogP contribution in [-0.2, 0) is 16.0 Å². The lowest BCUT2D eigenvalue weighted by Crippen LogP contribution is -2.48. The monoisotopic (exact) mass is 434 g/mol. The van der Waals surface area contributed by atoms with Gasteiger partial charge >= 0.3 is 11.9 Å². The molecule has 1 amide bonds. The van der Waals surface area contributed by atoms with Crippen molar-refractivity contribution < 1.29 is 33.4 Å². The molecule has 0 aromatic heterocycles. The number of carboxylic acid groups (broad SMARTS) is 2. The van der Waals surface area contributed by atoms with E-state index in [-0.39, 0.29) is 24.3 Å². The number of hydrogen-bond acceptors (Lipinski definition) is 4. The van der Waals surface area contributed by atoms with Crippen molar-refractivity contribution in [1.29, 1.82) is 0 Å². The van der Waals surface area contributed by atoms with E-state index in [1.807, 2.05) is 13.8 Å². The lowest BCUT2D eigenvalue weighted by Gasteiger charge is -2.22. The Morgan fingerprint density at radius 2 is 1.45 bits per heavy atom. The summed E-state index contributed by atoms with van der Waals surface area (Å²) in [5.74, 6) is -4.67. The fourth-order valence-corrected chi connectivity index (χ4v) is 3.02. The smallest absolute Gasteiger partial charge is 0.321 e. The van der Waals surface area contributed by atoms with E-state index in [0.29, 0.717) is 17.3 Å². The summed E-state index contributed by atoms with van der Waals surface area (Å²) in [4.78, 5) is 35.2. The first kappa shape index (κ1) is 23.9. The molecule has 0 saturated carbocycles. The van der Waals surface area contributed by atoms with Gasteiger partial charge < -0.3 is 15.5 Å². The first-order chi connectivity index (χ1) is 14.5. The van der Waals surface area contributed by atoms with Crippen LogP contribution in [0, 0.1) is 17.6 Å². The summed E-state index contributed by atoms with van der Waals surface area (Å²) in [7, 11) is 0. The number of halogens is 2. The van der Waals surface area contributed by atoms with Gasteiger partial charge in [-0.05, 0) is 48.6 Å². The highest BCUT2D eigenvalue weighted by Gasteiger charge is 2.26. The molecule has 2 aromatic carbocycles. The Hall–Kier alpha value is -3.33. The molecule has 7 nitrogen and oxygen atoms in total. The number of rotatable bonds is 10. The summed E-state index contributed by atoms with van der Waals surface area (Å²) >= 11 is 0. The van der Waals surface area contributed by atoms with Gasteiger partial charge in [-0.15, -0.1) is 0 Å². The van der Waals surface area contributed by atoms with Crippen molar-refractivity contribution in [2.45, 2.75) is 38.8 Å². The van der Waals surface area contributed by atoms with Crippen LogP contribution in [0.2, 0.25) is 0 Å². The van der Waals surface area contributed by atoms with Crippen LogP contribution in [-0.4, -0.2) is 40.1 Å². The van der Waals surface area contributed by atoms with Gasteiger partial charge in [0.05, 0.1) is 0 Å². The number of aliphatic carboxylic acids is 2. The van der Waals surface area contributed by atoms with Gasteiger partial charge in [0, 0.05) is 17.3 Å². The highest BCUT2D eigenvalue weighted by Crippen LogP contribution is 2.15. The van der Waals surface area contributed by atoms with Crippen LogP contribution in [0.5, 0.6) is 0 Å². The number of benzene rings is 2. The molecule has 2 atom stereocenters. The number of carbonyl (C=O) groups excluding carboxylic acids is 1. The first-order valence-corrected chi connectivity index (χ1v) is 9.63. The second kappa shape index (κ2) is 10.6. The molecule has 2 aromatic rings. The summed E-state index contributed by atoms with van der Waals surface area (Å²) in [5.41, 5.74) is 0.770. The van der Waals surface area contributed by atoms with Crippen molar-refractivity contribution in [3.05, 3.63) is 65.2 Å². The number of amides is 1. The summed E-state index contributed by atoms with van der Waals surface area (Å²) < 4.78 is 26.5. The van der Waals surface area contributed by atoms with E-state index in [0.717, 1.165) is 12.1 Å². The van der Waals surface area contributed by atoms with Crippen LogP contribution in [0.1, 0.15) is 36.2 Å². The molecule has 166 valence electrons. The van der Waals surface area contributed by atoms with Crippen molar-refractivity contribution in [1.82, 2.24) is 5.32 Å². The Balaban J connectivity index is 2.06. The van der Waals surface area contributed by atoms with Crippen LogP contribution < -0.4 is 10.6 Å². The van der Waals surface area contributed by atoms with Crippen molar-refractivity contribution in [2.24, 2.45) is 5.92 Å². The van der Waals surface area contributed by atoms with Gasteiger partial charge in [0.25, 0.3) is 5.91 Å². The fourth-order valence-electron chi connectivity index (χ4n) is 3.02. The summed E-state index contributed by atoms with van der Waals surface area (Å²) in [6.07, 6.45) is 0.311. The Morgan fingerprint density at radius 3 is 1.94 bits per heavy atom. The number of carbonyl (C=O) groups is 3. The van der Waals surface area contributed by atoms with Gasteiger partial charge in [-0.25, -0.2) is 8.78 Å². The maximum absolute atomic E-state index is 13.3. The zero-order valence-corrected chi connectivity index (χ0v) is 17.1. The molecular formula is C22H24F2N2O5. The Morgan fingerprint density at radius 1 is 0.903 bits per heavy atom. The molecule has 0 radical (unpaired) electrons. The Kier molecular flexibility index (Phi) is 8.21. The minimum Gasteiger partial charge on any atom is -0.480 e. The van der Waals surface area contributed by atoms with Crippen molar-refractivity contribution in [3.63, 3.8) is 0 Å². The summed E-state index contributed by atoms with van der Waals surface area (Å²) in [6.45, 7) is 3.69. The fraction of sp³-hybridized carbons (Fsp3) is 0.318. The Labute approximate surface area is 178 Å². The van der Waals surface area contributed by atoms with Gasteiger partial charge in [0.1, 0.15) is 23.7 Å². The molecule has 9 heteroatoms. The third kappa shape index (κ3) is 7.45. The lowest BCUT2D eigenvalue weighted by atomic mass is 10.0. The molecule has 4 N–H and O–H groups in total. The molecule has 0 fully saturated rings. The molecule has 31 heavy (non-hydrogen) atoms. The summed E-state index contributed by atoms with van der Waals surface area (Å²) in [6, 6.07) is 6.57. The maximum Gasteiger partial charge on any atom is 0.321 e. The van der Waals surface area contributed by atoms with Crippen LogP contribution >= 0.6 is 0 Å². The normalized spacial score (nSPS) is 12.9. The number of nitrogens with one attached hydrogen (secondary N) is 2. The number of carboxylic acids is 2. The number of anilines is 1. The van der Waals surface area contributed by atoms with E-state index >= 15 is 0 Å². The van der Waals surface area contributed by atoms with Crippen LogP contribution in [0.4, 0.5) is 14.5 Å². The molecule has 0 aliphatic rings. The van der Waals surface area contributed by atoms with Gasteiger partial charge in [-0.2, -0.15) is 0 Å². The van der Waals surface area contributed by atoms with E-state index < -0.39 is 41.6 Å². The Bertz CT molecular complexity index is 927. The SMILES string of the molecule is CC(C)CC(NC(Cc1ccc(NC(=O)c2cc(F)cc(F)c2)cc1)C(=O)O)C(=O)O. The standard InChI is InChI=1S/C22H24F2N2O5/c1-12(2)7-18(21(28)29)26-19(22(30)31)8-13-3-5-17(6-4-13)25-20(27)14-9-15(23)11-16(24)10-14/h3-6,9-12,18-19,26H,7-8H2,1-2H3,(H,25,27)(H,28,29)(H,30,31). The van der Waals surface area contributed by atoms with Crippen LogP contribution in [0.3, 0.4) is 0 Å². The van der Waals surface area contributed by atoms with Crippen molar-refractivity contribution >= 4 is 23.5 Å². The minimum atomic E-state index is -1.18. The van der Waals surface area contributed by atoms with E-state index in [4.69, 9.17) is 0 Å². The molecule has 0 spiro atoms. The van der Waals surface area contributed by atoms with Crippen LogP contribution in [0.15, 0.2) is 42.5 Å². The zero-order chi connectivity index (χ0) is 23.1. The minimum absolute atomic E-state index is 0.0283. The van der Waals surface area contributed by atoms with Crippen molar-refractivity contribution in [2.75, 3.05) is 5.32 Å². The third-order valence-corrected chi connectivity index (χ3v) is 4.48. The highest BCUT2D eigenvalue weighted by molar-refractivity contribution is 6.04. The molecule has 0 aliphatic carbocycles. The van der Waals surface area contributed by atoms with Gasteiger partial charge in [-0.3, -0.25) is 19.7 Å². The van der Waals surface area contributed by atoms with E-state index in [2.05, 4.69) is 10.6 Å². The predicted molar refractivity (Wildman–Crippen MR) is 110 cm³/mol. The van der Waals surface area contributed by atoms with Gasteiger partial charge in [-0.1, -0.05) is 26.0 Å². The van der Waals surface area contributed by atoms with Crippen molar-refractivity contribution in [3.8, 4) is 0 Å². The molecule has 0 heterocycles. The first-order valence-electron chi connectivity index (χ1n) is 9.63. The van der Waals surface area contributed by atoms with E-state index in [1.165, 1.54) is 12.1 Å². The van der Waals surface area contributed by atoms with E-state index in [1.54, 1.807) is 12.1 Å². The third-order valence-electron chi connectivity index (χ3n) is 4.48. The molecule has 2 rings (SSSR count). The largest absolute Gasteiger partial charge is 0.480 e. The molecule has 2 unspecified atom stereocenters. The van der Waals surface area contributed by atoms with Crippen LogP contribution in [0.25, 0.3) is 0 Å². The maximum atomic E-state index is 13.3. The average Bonchev–Trinajstić information content (AvgIpc) is 2.66. The molecule has 0 saturated heterocycles. The highest BCUT2D eigenvalue weighted by atomic mass is 19.1. The van der Waals surface area contributed by atoms with E-state index in [9.17, 15) is 33.4 Å². The second-order valence-corrected chi connectivity index (χ2v) is 7.59. The quantitative estimate of drug-likeness (QED) is 0.456. The molecule has 0 bridgehead atoms. The second-order valence-electron chi connectivity index (χ2n) is 7.59. The summed E-state index contributed by atoms with van der Waals surface area (Å²) in [5, 5.41) is 24.0. The average molecular weight is 434 g/mol. The lowest BCUT2D eigenvalue weighted by molar-refractivity contribution is -0.142. The molecular weight excluding hydrogens is 410 g/mol. The topological polar surface area (TPSA) is 116 Å². The predicted octanol–water partition coefficient (Wildman–Crippen LogP) is 3.30. The molecule has 0 aliphatic heterocycles. The van der Waals surface area contributed by atoms with Gasteiger partial charge in [0.15, 0.2) is 0 Å². The zero-order valence-electron chi connectivity index (χ0n) is 17.1. The number of hydrogen-bond donors (Lipinski definition) is 4.